The Balaban J connectivity index is 2.17. The van der Waals surface area contributed by atoms with Gasteiger partial charge < -0.3 is 4.90 Å². The van der Waals surface area contributed by atoms with E-state index >= 15 is 0 Å². The Morgan fingerprint density at radius 3 is 2.05 bits per heavy atom. The van der Waals surface area contributed by atoms with Crippen LogP contribution in [0.4, 0.5) is 5.82 Å². The van der Waals surface area contributed by atoms with E-state index in [1.54, 1.807) is 36.4 Å². The highest BCUT2D eigenvalue weighted by Gasteiger charge is 2.53. The van der Waals surface area contributed by atoms with Gasteiger partial charge in [0.15, 0.2) is 15.9 Å². The zero-order valence-electron chi connectivity index (χ0n) is 11.6. The quantitative estimate of drug-likeness (QED) is 0.620. The fourth-order valence-electron chi connectivity index (χ4n) is 2.45. The van der Waals surface area contributed by atoms with Crippen LogP contribution in [0.2, 0.25) is 0 Å². The molecule has 106 valence electrons. The summed E-state index contributed by atoms with van der Waals surface area (Å²) in [7, 11) is 3.72. The Morgan fingerprint density at radius 2 is 1.52 bits per heavy atom. The highest BCUT2D eigenvalue weighted by Crippen LogP contribution is 2.43. The lowest BCUT2D eigenvalue weighted by atomic mass is 9.98. The van der Waals surface area contributed by atoms with Crippen LogP contribution >= 0.6 is 15.9 Å². The standard InChI is InChI=1S/C16H13BrN2O2/c1-19(2)13-9-5-8-12(18-13)16(17)14(20)10-6-3-4-7-11(10)15(16)21/h3-9H,1-2H3. The third-order valence-electron chi connectivity index (χ3n) is 3.59. The van der Waals surface area contributed by atoms with Gasteiger partial charge in [0.1, 0.15) is 5.82 Å². The number of aromatic nitrogens is 1. The zero-order valence-corrected chi connectivity index (χ0v) is 13.2. The Labute approximate surface area is 130 Å². The van der Waals surface area contributed by atoms with Crippen molar-refractivity contribution >= 4 is 33.3 Å². The van der Waals surface area contributed by atoms with Crippen LogP contribution in [0.15, 0.2) is 42.5 Å². The minimum Gasteiger partial charge on any atom is -0.363 e. The number of pyridine rings is 1. The van der Waals surface area contributed by atoms with Crippen LogP contribution in [0.3, 0.4) is 0 Å². The molecule has 21 heavy (non-hydrogen) atoms. The third-order valence-corrected chi connectivity index (χ3v) is 4.71. The molecule has 5 heteroatoms. The second-order valence-electron chi connectivity index (χ2n) is 5.14. The molecule has 0 saturated carbocycles. The summed E-state index contributed by atoms with van der Waals surface area (Å²) < 4.78 is -1.41. The maximum absolute atomic E-state index is 12.7. The lowest BCUT2D eigenvalue weighted by Crippen LogP contribution is -2.33. The number of benzene rings is 1. The van der Waals surface area contributed by atoms with E-state index < -0.39 is 4.32 Å². The van der Waals surface area contributed by atoms with E-state index in [2.05, 4.69) is 20.9 Å². The number of alkyl halides is 1. The second-order valence-corrected chi connectivity index (χ2v) is 6.33. The molecule has 0 N–H and O–H groups in total. The Hall–Kier alpha value is -2.01. The number of halogens is 1. The molecule has 1 aromatic carbocycles. The minimum absolute atomic E-state index is 0.258. The third kappa shape index (κ3) is 1.92. The van der Waals surface area contributed by atoms with Crippen LogP contribution in [-0.2, 0) is 4.32 Å². The van der Waals surface area contributed by atoms with Crippen molar-refractivity contribution in [2.75, 3.05) is 19.0 Å². The summed E-state index contributed by atoms with van der Waals surface area (Å²) in [6.45, 7) is 0. The molecule has 0 radical (unpaired) electrons. The van der Waals surface area contributed by atoms with Gasteiger partial charge in [0.25, 0.3) is 0 Å². The molecule has 0 saturated heterocycles. The molecular weight excluding hydrogens is 332 g/mol. The molecule has 0 unspecified atom stereocenters. The Kier molecular flexibility index (Phi) is 3.17. The summed E-state index contributed by atoms with van der Waals surface area (Å²) in [4.78, 5) is 31.7. The summed E-state index contributed by atoms with van der Waals surface area (Å²) >= 11 is 3.37. The van der Waals surface area contributed by atoms with Crippen molar-refractivity contribution in [3.05, 3.63) is 59.3 Å². The van der Waals surface area contributed by atoms with Gasteiger partial charge in [-0.25, -0.2) is 4.98 Å². The van der Waals surface area contributed by atoms with E-state index in [4.69, 9.17) is 0 Å². The normalized spacial score (nSPS) is 16.0. The van der Waals surface area contributed by atoms with Crippen LogP contribution in [0, 0.1) is 0 Å². The Bertz CT molecular complexity index is 720. The van der Waals surface area contributed by atoms with Crippen molar-refractivity contribution in [1.82, 2.24) is 4.98 Å². The zero-order chi connectivity index (χ0) is 15.2. The van der Waals surface area contributed by atoms with E-state index in [0.717, 1.165) is 0 Å². The summed E-state index contributed by atoms with van der Waals surface area (Å²) in [6.07, 6.45) is 0. The van der Waals surface area contributed by atoms with Gasteiger partial charge in [-0.2, -0.15) is 0 Å². The van der Waals surface area contributed by atoms with Gasteiger partial charge in [-0.1, -0.05) is 46.3 Å². The molecule has 0 spiro atoms. The van der Waals surface area contributed by atoms with E-state index in [0.29, 0.717) is 22.6 Å². The SMILES string of the molecule is CN(C)c1cccc(C2(Br)C(=O)c3ccccc3C2=O)n1. The Morgan fingerprint density at radius 1 is 0.952 bits per heavy atom. The van der Waals surface area contributed by atoms with Crippen LogP contribution in [0.25, 0.3) is 0 Å². The lowest BCUT2D eigenvalue weighted by Gasteiger charge is -2.20. The second kappa shape index (κ2) is 4.77. The van der Waals surface area contributed by atoms with E-state index in [1.165, 1.54) is 0 Å². The number of carbonyl (C=O) groups excluding carboxylic acids is 2. The first kappa shape index (κ1) is 13.9. The average Bonchev–Trinajstić information content (AvgIpc) is 2.71. The summed E-state index contributed by atoms with van der Waals surface area (Å²) in [5.74, 6) is 0.181. The number of fused-ring (bicyclic) bond motifs is 1. The highest BCUT2D eigenvalue weighted by molar-refractivity contribution is 9.10. The molecule has 1 aliphatic carbocycles. The van der Waals surface area contributed by atoms with Crippen LogP contribution in [0.5, 0.6) is 0 Å². The number of anilines is 1. The molecule has 1 aromatic heterocycles. The molecule has 1 heterocycles. The number of hydrogen-bond donors (Lipinski definition) is 0. The smallest absolute Gasteiger partial charge is 0.194 e. The number of nitrogens with zero attached hydrogens (tertiary/aromatic N) is 2. The first-order valence-corrected chi connectivity index (χ1v) is 7.28. The molecule has 2 aromatic rings. The highest BCUT2D eigenvalue weighted by atomic mass is 79.9. The van der Waals surface area contributed by atoms with Gasteiger partial charge in [-0.3, -0.25) is 9.59 Å². The minimum atomic E-state index is -1.41. The van der Waals surface area contributed by atoms with Gasteiger partial charge in [0.2, 0.25) is 0 Å². The molecular formula is C16H13BrN2O2. The maximum Gasteiger partial charge on any atom is 0.194 e. The van der Waals surface area contributed by atoms with Crippen molar-refractivity contribution < 1.29 is 9.59 Å². The number of carbonyl (C=O) groups is 2. The maximum atomic E-state index is 12.7. The van der Waals surface area contributed by atoms with E-state index in [-0.39, 0.29) is 11.6 Å². The fraction of sp³-hybridized carbons (Fsp3) is 0.188. The molecule has 0 bridgehead atoms. The lowest BCUT2D eigenvalue weighted by molar-refractivity contribution is 0.0869. The van der Waals surface area contributed by atoms with E-state index in [1.807, 2.05) is 25.1 Å². The van der Waals surface area contributed by atoms with Crippen molar-refractivity contribution in [2.24, 2.45) is 0 Å². The topological polar surface area (TPSA) is 50.3 Å². The molecule has 0 fully saturated rings. The first-order valence-electron chi connectivity index (χ1n) is 6.48. The molecule has 4 nitrogen and oxygen atoms in total. The molecule has 0 aliphatic heterocycles. The predicted molar refractivity (Wildman–Crippen MR) is 84.3 cm³/mol. The van der Waals surface area contributed by atoms with Crippen molar-refractivity contribution in [1.29, 1.82) is 0 Å². The van der Waals surface area contributed by atoms with Crippen LogP contribution in [0.1, 0.15) is 26.4 Å². The first-order chi connectivity index (χ1) is 9.96. The van der Waals surface area contributed by atoms with Crippen molar-refractivity contribution in [3.63, 3.8) is 0 Å². The summed E-state index contributed by atoms with van der Waals surface area (Å²) in [6, 6.07) is 12.2. The van der Waals surface area contributed by atoms with Crippen LogP contribution in [-0.4, -0.2) is 30.6 Å². The van der Waals surface area contributed by atoms with Gasteiger partial charge in [-0.05, 0) is 12.1 Å². The molecule has 1 aliphatic rings. The average molecular weight is 345 g/mol. The van der Waals surface area contributed by atoms with Crippen LogP contribution < -0.4 is 4.90 Å². The van der Waals surface area contributed by atoms with Gasteiger partial charge in [-0.15, -0.1) is 0 Å². The van der Waals surface area contributed by atoms with E-state index in [9.17, 15) is 9.59 Å². The predicted octanol–water partition coefficient (Wildman–Crippen LogP) is 2.82. The molecule has 3 rings (SSSR count). The number of Topliss-reactive ketones (excluding diaryl/α,β-unsaturated/α-hetero) is 2. The number of hydrogen-bond acceptors (Lipinski definition) is 4. The summed E-state index contributed by atoms with van der Waals surface area (Å²) in [5.41, 5.74) is 1.30. The van der Waals surface area contributed by atoms with Gasteiger partial charge >= 0.3 is 0 Å². The van der Waals surface area contributed by atoms with Gasteiger partial charge in [0.05, 0.1) is 5.69 Å². The monoisotopic (exact) mass is 344 g/mol. The fourth-order valence-corrected chi connectivity index (χ4v) is 3.10. The molecule has 0 amide bonds. The molecule has 0 atom stereocenters. The van der Waals surface area contributed by atoms with Gasteiger partial charge in [0, 0.05) is 25.2 Å². The summed E-state index contributed by atoms with van der Waals surface area (Å²) in [5, 5.41) is 0. The number of rotatable bonds is 2. The number of ketones is 2. The van der Waals surface area contributed by atoms with Crippen molar-refractivity contribution in [2.45, 2.75) is 4.32 Å². The largest absolute Gasteiger partial charge is 0.363 e. The van der Waals surface area contributed by atoms with Crippen molar-refractivity contribution in [3.8, 4) is 0 Å².